The molecule has 0 aliphatic heterocycles. The molecule has 0 heterocycles. The Balaban J connectivity index is 4.02. The molecule has 0 aliphatic rings. The van der Waals surface area contributed by atoms with Gasteiger partial charge >= 0.3 is 7.60 Å². The number of hydrogen-bond acceptors (Lipinski definition) is 2. The second kappa shape index (κ2) is 3.68. The average molecular weight is 181 g/mol. The van der Waals surface area contributed by atoms with E-state index in [1.54, 1.807) is 13.8 Å². The largest absolute Gasteiger partial charge is 0.327 e. The molecule has 0 unspecified atom stereocenters. The Labute approximate surface area is 67.2 Å². The van der Waals surface area contributed by atoms with E-state index in [9.17, 15) is 4.57 Å². The molecule has 3 N–H and O–H groups in total. The Kier molecular flexibility index (Phi) is 3.71. The molecule has 0 aromatic rings. The van der Waals surface area contributed by atoms with Gasteiger partial charge in [0.1, 0.15) is 0 Å². The van der Waals surface area contributed by atoms with Crippen molar-refractivity contribution < 1.29 is 14.4 Å². The van der Waals surface area contributed by atoms with E-state index in [1.165, 1.54) is 0 Å². The summed E-state index contributed by atoms with van der Waals surface area (Å²) >= 11 is 0. The predicted octanol–water partition coefficient (Wildman–Crippen LogP) is 0.552. The van der Waals surface area contributed by atoms with Crippen LogP contribution in [0.25, 0.3) is 0 Å². The second-order valence-corrected chi connectivity index (χ2v) is 4.88. The first kappa shape index (κ1) is 11.1. The molecule has 0 bridgehead atoms. The van der Waals surface area contributed by atoms with E-state index < -0.39 is 13.1 Å². The van der Waals surface area contributed by atoms with E-state index in [0.29, 0.717) is 6.54 Å². The number of rotatable bonds is 4. The van der Waals surface area contributed by atoms with Crippen LogP contribution >= 0.6 is 7.60 Å². The summed E-state index contributed by atoms with van der Waals surface area (Å²) in [4.78, 5) is 17.3. The Morgan fingerprint density at radius 3 is 2.18 bits per heavy atom. The topological polar surface area (TPSA) is 69.6 Å². The second-order valence-electron chi connectivity index (χ2n) is 3.24. The van der Waals surface area contributed by atoms with Gasteiger partial charge in [-0.1, -0.05) is 6.92 Å². The first-order chi connectivity index (χ1) is 4.77. The minimum Gasteiger partial charge on any atom is -0.324 e. The zero-order valence-electron chi connectivity index (χ0n) is 7.16. The zero-order valence-corrected chi connectivity index (χ0v) is 8.06. The maximum Gasteiger partial charge on any atom is 0.327 e. The van der Waals surface area contributed by atoms with E-state index in [0.717, 1.165) is 0 Å². The monoisotopic (exact) mass is 181 g/mol. The van der Waals surface area contributed by atoms with Crippen molar-refractivity contribution in [2.24, 2.45) is 0 Å². The van der Waals surface area contributed by atoms with Crippen molar-refractivity contribution >= 4 is 7.60 Å². The lowest BCUT2D eigenvalue weighted by atomic mass is 10.1. The summed E-state index contributed by atoms with van der Waals surface area (Å²) in [6.07, 6.45) is -0.117. The fourth-order valence-electron chi connectivity index (χ4n) is 1.05. The summed E-state index contributed by atoms with van der Waals surface area (Å²) in [5.74, 6) is 0. The Morgan fingerprint density at radius 1 is 1.45 bits per heavy atom. The van der Waals surface area contributed by atoms with Gasteiger partial charge in [0.25, 0.3) is 0 Å². The Morgan fingerprint density at radius 2 is 1.91 bits per heavy atom. The van der Waals surface area contributed by atoms with Gasteiger partial charge in [0.15, 0.2) is 0 Å². The summed E-state index contributed by atoms with van der Waals surface area (Å²) in [7, 11) is -3.88. The van der Waals surface area contributed by atoms with Crippen LogP contribution in [0.5, 0.6) is 0 Å². The molecule has 0 radical (unpaired) electrons. The normalized spacial score (nSPS) is 13.5. The fraction of sp³-hybridized carbons (Fsp3) is 1.00. The van der Waals surface area contributed by atoms with Crippen LogP contribution in [-0.2, 0) is 4.57 Å². The van der Waals surface area contributed by atoms with Crippen LogP contribution in [0.2, 0.25) is 0 Å². The molecule has 0 fully saturated rings. The van der Waals surface area contributed by atoms with E-state index in [-0.39, 0.29) is 6.16 Å². The van der Waals surface area contributed by atoms with Gasteiger partial charge in [-0.05, 0) is 20.4 Å². The highest BCUT2D eigenvalue weighted by Crippen LogP contribution is 2.37. The van der Waals surface area contributed by atoms with Crippen LogP contribution in [0.3, 0.4) is 0 Å². The summed E-state index contributed by atoms with van der Waals surface area (Å²) in [5.41, 5.74) is -0.478. The lowest BCUT2D eigenvalue weighted by Gasteiger charge is -2.25. The fourth-order valence-corrected chi connectivity index (χ4v) is 2.19. The van der Waals surface area contributed by atoms with E-state index in [2.05, 4.69) is 5.32 Å². The first-order valence-corrected chi connectivity index (χ1v) is 5.36. The quantitative estimate of drug-likeness (QED) is 0.554. The van der Waals surface area contributed by atoms with Crippen molar-refractivity contribution in [2.75, 3.05) is 12.7 Å². The lowest BCUT2D eigenvalue weighted by molar-refractivity contribution is 0.343. The molecular weight excluding hydrogens is 165 g/mol. The third kappa shape index (κ3) is 6.51. The van der Waals surface area contributed by atoms with Crippen molar-refractivity contribution in [3.8, 4) is 0 Å². The molecule has 4 nitrogen and oxygen atoms in total. The third-order valence-corrected chi connectivity index (χ3v) is 2.46. The first-order valence-electron chi connectivity index (χ1n) is 3.56. The van der Waals surface area contributed by atoms with Crippen molar-refractivity contribution in [1.82, 2.24) is 5.32 Å². The minimum absolute atomic E-state index is 0.117. The smallest absolute Gasteiger partial charge is 0.324 e. The molecule has 5 heteroatoms. The van der Waals surface area contributed by atoms with E-state index >= 15 is 0 Å². The van der Waals surface area contributed by atoms with Gasteiger partial charge in [-0.25, -0.2) is 0 Å². The number of hydrogen-bond donors (Lipinski definition) is 3. The van der Waals surface area contributed by atoms with Crippen LogP contribution in [0.1, 0.15) is 20.8 Å². The molecule has 0 atom stereocenters. The maximum absolute atomic E-state index is 10.6. The molecule has 68 valence electrons. The van der Waals surface area contributed by atoms with Crippen LogP contribution in [0, 0.1) is 0 Å². The van der Waals surface area contributed by atoms with Crippen LogP contribution in [0.4, 0.5) is 0 Å². The molecule has 0 aromatic carbocycles. The van der Waals surface area contributed by atoms with Gasteiger partial charge in [0.2, 0.25) is 0 Å². The van der Waals surface area contributed by atoms with Crippen LogP contribution in [0.15, 0.2) is 0 Å². The zero-order chi connectivity index (χ0) is 9.12. The standard InChI is InChI=1S/C6H16NO3P/c1-4-7-6(2,3)5-11(8,9)10/h7H,4-5H2,1-3H3,(H2,8,9,10). The molecule has 11 heavy (non-hydrogen) atoms. The van der Waals surface area contributed by atoms with Crippen LogP contribution in [-0.4, -0.2) is 28.0 Å². The summed E-state index contributed by atoms with van der Waals surface area (Å²) in [6.45, 7) is 6.17. The van der Waals surface area contributed by atoms with Crippen molar-refractivity contribution in [1.29, 1.82) is 0 Å². The molecule has 0 rings (SSSR count). The summed E-state index contributed by atoms with van der Waals surface area (Å²) in [5, 5.41) is 2.99. The highest BCUT2D eigenvalue weighted by Gasteiger charge is 2.26. The van der Waals surface area contributed by atoms with Gasteiger partial charge in [0.05, 0.1) is 6.16 Å². The van der Waals surface area contributed by atoms with E-state index in [1.807, 2.05) is 6.92 Å². The summed E-state index contributed by atoms with van der Waals surface area (Å²) < 4.78 is 10.6. The molecule has 0 amide bonds. The Bertz CT molecular complexity index is 163. The SMILES string of the molecule is CCNC(C)(C)CP(=O)(O)O. The lowest BCUT2D eigenvalue weighted by Crippen LogP contribution is -2.42. The molecule has 0 saturated carbocycles. The molecule has 0 saturated heterocycles. The highest BCUT2D eigenvalue weighted by atomic mass is 31.2. The van der Waals surface area contributed by atoms with Crippen molar-refractivity contribution in [3.63, 3.8) is 0 Å². The molecule has 0 spiro atoms. The predicted molar refractivity (Wildman–Crippen MR) is 44.7 cm³/mol. The van der Waals surface area contributed by atoms with Gasteiger partial charge in [-0.15, -0.1) is 0 Å². The van der Waals surface area contributed by atoms with Gasteiger partial charge in [0, 0.05) is 5.54 Å². The molecule has 0 aromatic heterocycles. The van der Waals surface area contributed by atoms with Crippen LogP contribution < -0.4 is 5.32 Å². The molecule has 0 aliphatic carbocycles. The van der Waals surface area contributed by atoms with Crippen molar-refractivity contribution in [3.05, 3.63) is 0 Å². The summed E-state index contributed by atoms with van der Waals surface area (Å²) in [6, 6.07) is 0. The third-order valence-electron chi connectivity index (χ3n) is 1.26. The average Bonchev–Trinajstić information content (AvgIpc) is 1.55. The van der Waals surface area contributed by atoms with Gasteiger partial charge in [-0.3, -0.25) is 4.57 Å². The molecular formula is C6H16NO3P. The van der Waals surface area contributed by atoms with Gasteiger partial charge in [-0.2, -0.15) is 0 Å². The van der Waals surface area contributed by atoms with Gasteiger partial charge < -0.3 is 15.1 Å². The highest BCUT2D eigenvalue weighted by molar-refractivity contribution is 7.51. The minimum atomic E-state index is -3.88. The van der Waals surface area contributed by atoms with E-state index in [4.69, 9.17) is 9.79 Å². The van der Waals surface area contributed by atoms with Crippen molar-refractivity contribution in [2.45, 2.75) is 26.3 Å². The number of nitrogens with one attached hydrogen (secondary N) is 1. The maximum atomic E-state index is 10.6. The Hall–Kier alpha value is 0.110.